The Morgan fingerprint density at radius 2 is 1.83 bits per heavy atom. The molecule has 1 heterocycles. The van der Waals surface area contributed by atoms with Crippen LogP contribution in [0.2, 0.25) is 0 Å². The van der Waals surface area contributed by atoms with Crippen LogP contribution in [-0.4, -0.2) is 15.6 Å². The molecule has 0 spiro atoms. The van der Waals surface area contributed by atoms with Crippen molar-refractivity contribution >= 4 is 5.95 Å². The SMILES string of the molecule is Cc1ccc(Cn2cc(C)nc2NC(C)C)cc1. The van der Waals surface area contributed by atoms with Crippen molar-refractivity contribution in [1.82, 2.24) is 9.55 Å². The van der Waals surface area contributed by atoms with Crippen LogP contribution >= 0.6 is 0 Å². The summed E-state index contributed by atoms with van der Waals surface area (Å²) < 4.78 is 2.17. The maximum absolute atomic E-state index is 4.52. The highest BCUT2D eigenvalue weighted by molar-refractivity contribution is 5.32. The highest BCUT2D eigenvalue weighted by atomic mass is 15.2. The fraction of sp³-hybridized carbons (Fsp3) is 0.400. The zero-order chi connectivity index (χ0) is 13.1. The molecule has 0 saturated carbocycles. The van der Waals surface area contributed by atoms with E-state index in [4.69, 9.17) is 0 Å². The number of aryl methyl sites for hydroxylation is 2. The van der Waals surface area contributed by atoms with Gasteiger partial charge in [0.25, 0.3) is 0 Å². The first-order valence-electron chi connectivity index (χ1n) is 6.40. The Labute approximate surface area is 109 Å². The van der Waals surface area contributed by atoms with Gasteiger partial charge in [-0.3, -0.25) is 0 Å². The number of aromatic nitrogens is 2. The first-order valence-corrected chi connectivity index (χ1v) is 6.40. The van der Waals surface area contributed by atoms with Gasteiger partial charge in [0.05, 0.1) is 12.2 Å². The molecule has 1 aromatic heterocycles. The fourth-order valence-electron chi connectivity index (χ4n) is 1.93. The number of hydrogen-bond acceptors (Lipinski definition) is 2. The lowest BCUT2D eigenvalue weighted by Crippen LogP contribution is -2.14. The Bertz CT molecular complexity index is 509. The molecule has 1 aromatic carbocycles. The molecular weight excluding hydrogens is 222 g/mol. The molecule has 1 N–H and O–H groups in total. The van der Waals surface area contributed by atoms with E-state index in [2.05, 4.69) is 66.1 Å². The van der Waals surface area contributed by atoms with E-state index >= 15 is 0 Å². The van der Waals surface area contributed by atoms with E-state index in [1.54, 1.807) is 0 Å². The predicted molar refractivity (Wildman–Crippen MR) is 76.0 cm³/mol. The van der Waals surface area contributed by atoms with Gasteiger partial charge in [0.15, 0.2) is 0 Å². The lowest BCUT2D eigenvalue weighted by molar-refractivity contribution is 0.773. The van der Waals surface area contributed by atoms with Crippen LogP contribution in [0.4, 0.5) is 5.95 Å². The van der Waals surface area contributed by atoms with Gasteiger partial charge in [-0.1, -0.05) is 29.8 Å². The van der Waals surface area contributed by atoms with Gasteiger partial charge in [-0.15, -0.1) is 0 Å². The van der Waals surface area contributed by atoms with Crippen molar-refractivity contribution < 1.29 is 0 Å². The average Bonchev–Trinajstić information content (AvgIpc) is 2.61. The van der Waals surface area contributed by atoms with Gasteiger partial charge in [-0.25, -0.2) is 4.98 Å². The zero-order valence-corrected chi connectivity index (χ0v) is 11.6. The molecule has 2 rings (SSSR count). The molecule has 0 aliphatic carbocycles. The summed E-state index contributed by atoms with van der Waals surface area (Å²) in [7, 11) is 0. The number of anilines is 1. The molecular formula is C15H21N3. The highest BCUT2D eigenvalue weighted by Crippen LogP contribution is 2.13. The third kappa shape index (κ3) is 3.13. The summed E-state index contributed by atoms with van der Waals surface area (Å²) in [6, 6.07) is 9.03. The largest absolute Gasteiger partial charge is 0.353 e. The lowest BCUT2D eigenvalue weighted by Gasteiger charge is -2.12. The summed E-state index contributed by atoms with van der Waals surface area (Å²) in [4.78, 5) is 4.52. The molecule has 18 heavy (non-hydrogen) atoms. The maximum atomic E-state index is 4.52. The summed E-state index contributed by atoms with van der Waals surface area (Å²) in [5.74, 6) is 0.947. The van der Waals surface area contributed by atoms with Crippen molar-refractivity contribution in [1.29, 1.82) is 0 Å². The molecule has 96 valence electrons. The van der Waals surface area contributed by atoms with Crippen LogP contribution in [0.3, 0.4) is 0 Å². The van der Waals surface area contributed by atoms with Gasteiger partial charge < -0.3 is 9.88 Å². The van der Waals surface area contributed by atoms with Crippen molar-refractivity contribution in [3.63, 3.8) is 0 Å². The van der Waals surface area contributed by atoms with E-state index in [9.17, 15) is 0 Å². The van der Waals surface area contributed by atoms with Crippen molar-refractivity contribution in [2.45, 2.75) is 40.3 Å². The summed E-state index contributed by atoms with van der Waals surface area (Å²) >= 11 is 0. The fourth-order valence-corrected chi connectivity index (χ4v) is 1.93. The molecule has 0 atom stereocenters. The molecule has 0 bridgehead atoms. The van der Waals surface area contributed by atoms with Crippen LogP contribution in [0.1, 0.15) is 30.7 Å². The average molecular weight is 243 g/mol. The number of imidazole rings is 1. The monoisotopic (exact) mass is 243 g/mol. The lowest BCUT2D eigenvalue weighted by atomic mass is 10.1. The first-order chi connectivity index (χ1) is 8.54. The van der Waals surface area contributed by atoms with Crippen molar-refractivity contribution in [2.24, 2.45) is 0 Å². The van der Waals surface area contributed by atoms with Crippen LogP contribution in [0.5, 0.6) is 0 Å². The standard InChI is InChI=1S/C15H21N3/c1-11(2)16-15-17-13(4)9-18(15)10-14-7-5-12(3)6-8-14/h5-9,11H,10H2,1-4H3,(H,16,17). The topological polar surface area (TPSA) is 29.9 Å². The van der Waals surface area contributed by atoms with E-state index in [0.29, 0.717) is 6.04 Å². The third-order valence-electron chi connectivity index (χ3n) is 2.79. The number of hydrogen-bond donors (Lipinski definition) is 1. The number of nitrogens with one attached hydrogen (secondary N) is 1. The number of benzene rings is 1. The van der Waals surface area contributed by atoms with Gasteiger partial charge in [-0.05, 0) is 33.3 Å². The smallest absolute Gasteiger partial charge is 0.203 e. The van der Waals surface area contributed by atoms with Crippen LogP contribution in [0.15, 0.2) is 30.5 Å². The molecule has 0 unspecified atom stereocenters. The van der Waals surface area contributed by atoms with Crippen molar-refractivity contribution in [3.05, 3.63) is 47.3 Å². The summed E-state index contributed by atoms with van der Waals surface area (Å²) in [6.07, 6.45) is 2.09. The molecule has 0 radical (unpaired) electrons. The second-order valence-corrected chi connectivity index (χ2v) is 5.12. The van der Waals surface area contributed by atoms with Crippen LogP contribution in [0.25, 0.3) is 0 Å². The first kappa shape index (κ1) is 12.7. The molecule has 0 amide bonds. The second-order valence-electron chi connectivity index (χ2n) is 5.12. The predicted octanol–water partition coefficient (Wildman–Crippen LogP) is 3.37. The minimum atomic E-state index is 0.392. The van der Waals surface area contributed by atoms with Crippen LogP contribution in [-0.2, 0) is 6.54 Å². The van der Waals surface area contributed by atoms with E-state index in [-0.39, 0.29) is 0 Å². The van der Waals surface area contributed by atoms with Gasteiger partial charge in [0.2, 0.25) is 5.95 Å². The minimum absolute atomic E-state index is 0.392. The van der Waals surface area contributed by atoms with E-state index in [0.717, 1.165) is 18.2 Å². The molecule has 3 heteroatoms. The van der Waals surface area contributed by atoms with E-state index in [1.807, 2.05) is 6.92 Å². The van der Waals surface area contributed by atoms with E-state index in [1.165, 1.54) is 11.1 Å². The van der Waals surface area contributed by atoms with Crippen LogP contribution < -0.4 is 5.32 Å². The molecule has 2 aromatic rings. The quantitative estimate of drug-likeness (QED) is 0.892. The van der Waals surface area contributed by atoms with Gasteiger partial charge in [0.1, 0.15) is 0 Å². The molecule has 0 saturated heterocycles. The summed E-state index contributed by atoms with van der Waals surface area (Å²) in [6.45, 7) is 9.24. The highest BCUT2D eigenvalue weighted by Gasteiger charge is 2.07. The molecule has 0 aliphatic heterocycles. The number of rotatable bonds is 4. The van der Waals surface area contributed by atoms with Crippen molar-refractivity contribution in [2.75, 3.05) is 5.32 Å². The Balaban J connectivity index is 2.20. The molecule has 0 fully saturated rings. The van der Waals surface area contributed by atoms with Gasteiger partial charge in [-0.2, -0.15) is 0 Å². The maximum Gasteiger partial charge on any atom is 0.203 e. The summed E-state index contributed by atoms with van der Waals surface area (Å²) in [5.41, 5.74) is 3.64. The Morgan fingerprint density at radius 3 is 2.44 bits per heavy atom. The summed E-state index contributed by atoms with van der Waals surface area (Å²) in [5, 5.41) is 3.38. The normalized spacial score (nSPS) is 10.9. The van der Waals surface area contributed by atoms with E-state index < -0.39 is 0 Å². The molecule has 0 aliphatic rings. The second kappa shape index (κ2) is 5.25. The van der Waals surface area contributed by atoms with Crippen LogP contribution in [0, 0.1) is 13.8 Å². The third-order valence-corrected chi connectivity index (χ3v) is 2.79. The molecule has 3 nitrogen and oxygen atoms in total. The Hall–Kier alpha value is -1.77. The van der Waals surface area contributed by atoms with Gasteiger partial charge in [0, 0.05) is 12.2 Å². The van der Waals surface area contributed by atoms with Crippen molar-refractivity contribution in [3.8, 4) is 0 Å². The Kier molecular flexibility index (Phi) is 3.70. The van der Waals surface area contributed by atoms with Gasteiger partial charge >= 0.3 is 0 Å². The Morgan fingerprint density at radius 1 is 1.17 bits per heavy atom. The number of nitrogens with zero attached hydrogens (tertiary/aromatic N) is 2. The minimum Gasteiger partial charge on any atom is -0.353 e. The zero-order valence-electron chi connectivity index (χ0n) is 11.6.